The van der Waals surface area contributed by atoms with Gasteiger partial charge in [0.25, 0.3) is 20.0 Å². The number of hydrogen-bond acceptors (Lipinski definition) is 2. The molecule has 2 nitrogen and oxygen atoms in total. The van der Waals surface area contributed by atoms with Crippen molar-refractivity contribution in [2.45, 2.75) is 6.92 Å². The normalized spacial score (nSPS) is 18.6. The average molecular weight is 184 g/mol. The summed E-state index contributed by atoms with van der Waals surface area (Å²) in [7, 11) is -0.667. The molecule has 1 aliphatic heterocycles. The molecule has 0 aromatic heterocycles. The van der Waals surface area contributed by atoms with Gasteiger partial charge in [-0.2, -0.15) is 0 Å². The van der Waals surface area contributed by atoms with Crippen LogP contribution in [-0.2, 0) is 8.23 Å². The van der Waals surface area contributed by atoms with Crippen LogP contribution in [0, 0.1) is 6.92 Å². The molecule has 60 valence electrons. The molecule has 0 N–H and O–H groups in total. The van der Waals surface area contributed by atoms with Crippen molar-refractivity contribution in [3.05, 3.63) is 35.9 Å². The van der Waals surface area contributed by atoms with E-state index in [1.54, 1.807) is 0 Å². The zero-order valence-electron chi connectivity index (χ0n) is 6.62. The highest BCUT2D eigenvalue weighted by Gasteiger charge is 1.96. The highest BCUT2D eigenvalue weighted by atomic mass is 28.4. The fourth-order valence-corrected chi connectivity index (χ4v) is 1.28. The molecular formula is C7H12O2Si2. The highest BCUT2D eigenvalue weighted by Crippen LogP contribution is 1.92. The summed E-state index contributed by atoms with van der Waals surface area (Å²) in [6.07, 6.45) is 0. The zero-order chi connectivity index (χ0) is 7.94. The fourth-order valence-electron chi connectivity index (χ4n) is 0.618. The summed E-state index contributed by atoms with van der Waals surface area (Å²) in [6.45, 7) is 2.08. The maximum absolute atomic E-state index is 4.78. The highest BCUT2D eigenvalue weighted by molar-refractivity contribution is 6.49. The van der Waals surface area contributed by atoms with Gasteiger partial charge in [0.2, 0.25) is 0 Å². The first-order valence-electron chi connectivity index (χ1n) is 3.57. The topological polar surface area (TPSA) is 18.5 Å². The summed E-state index contributed by atoms with van der Waals surface area (Å²) in [5.41, 5.74) is 1.32. The number of benzene rings is 1. The third-order valence-electron chi connectivity index (χ3n) is 1.27. The fraction of sp³-hybridized carbons (Fsp3) is 0.143. The van der Waals surface area contributed by atoms with Gasteiger partial charge in [-0.25, -0.2) is 0 Å². The SMILES string of the molecule is Cc1ccccc1.O1[SiH2]O[SiH2]1. The molecule has 0 radical (unpaired) electrons. The van der Waals surface area contributed by atoms with E-state index in [1.807, 2.05) is 18.2 Å². The predicted molar refractivity (Wildman–Crippen MR) is 50.4 cm³/mol. The molecule has 2 rings (SSSR count). The van der Waals surface area contributed by atoms with Gasteiger partial charge in [-0.05, 0) is 6.92 Å². The molecule has 1 saturated heterocycles. The van der Waals surface area contributed by atoms with Gasteiger partial charge in [0.05, 0.1) is 0 Å². The lowest BCUT2D eigenvalue weighted by molar-refractivity contribution is 0.346. The van der Waals surface area contributed by atoms with Crippen molar-refractivity contribution in [3.8, 4) is 0 Å². The molecule has 1 aromatic carbocycles. The first-order valence-corrected chi connectivity index (χ1v) is 5.87. The Bertz CT molecular complexity index is 183. The van der Waals surface area contributed by atoms with Crippen molar-refractivity contribution in [2.24, 2.45) is 0 Å². The third-order valence-corrected chi connectivity index (χ3v) is 3.94. The molecule has 1 fully saturated rings. The molecule has 0 spiro atoms. The average Bonchev–Trinajstić information content (AvgIpc) is 1.85. The van der Waals surface area contributed by atoms with E-state index < -0.39 is 0 Å². The van der Waals surface area contributed by atoms with E-state index in [0.29, 0.717) is 0 Å². The van der Waals surface area contributed by atoms with E-state index in [9.17, 15) is 0 Å². The van der Waals surface area contributed by atoms with Gasteiger partial charge in [-0.15, -0.1) is 0 Å². The quantitative estimate of drug-likeness (QED) is 0.530. The second kappa shape index (κ2) is 5.25. The van der Waals surface area contributed by atoms with Crippen LogP contribution >= 0.6 is 0 Å². The Morgan fingerprint density at radius 3 is 1.64 bits per heavy atom. The third kappa shape index (κ3) is 4.10. The maximum Gasteiger partial charge on any atom is 0.286 e. The molecule has 0 bridgehead atoms. The van der Waals surface area contributed by atoms with Gasteiger partial charge in [-0.1, -0.05) is 35.9 Å². The number of aryl methyl sites for hydroxylation is 1. The zero-order valence-corrected chi connectivity index (χ0v) is 9.45. The van der Waals surface area contributed by atoms with Crippen molar-refractivity contribution in [2.75, 3.05) is 0 Å². The van der Waals surface area contributed by atoms with Crippen LogP contribution in [0.4, 0.5) is 0 Å². The predicted octanol–water partition coefficient (Wildman–Crippen LogP) is 0.0258. The molecule has 0 aliphatic carbocycles. The Hall–Kier alpha value is -0.426. The van der Waals surface area contributed by atoms with E-state index in [2.05, 4.69) is 19.1 Å². The summed E-state index contributed by atoms with van der Waals surface area (Å²) in [5, 5.41) is 0. The minimum atomic E-state index is -0.333. The van der Waals surface area contributed by atoms with Gasteiger partial charge in [-0.3, -0.25) is 0 Å². The van der Waals surface area contributed by atoms with Crippen molar-refractivity contribution in [1.29, 1.82) is 0 Å². The van der Waals surface area contributed by atoms with Crippen LogP contribution in [0.2, 0.25) is 0 Å². The van der Waals surface area contributed by atoms with Crippen molar-refractivity contribution < 1.29 is 8.23 Å². The molecular weight excluding hydrogens is 172 g/mol. The lowest BCUT2D eigenvalue weighted by Crippen LogP contribution is -2.23. The van der Waals surface area contributed by atoms with E-state index in [4.69, 9.17) is 8.23 Å². The van der Waals surface area contributed by atoms with E-state index >= 15 is 0 Å². The Labute approximate surface area is 71.7 Å². The van der Waals surface area contributed by atoms with Crippen LogP contribution in [0.5, 0.6) is 0 Å². The first kappa shape index (κ1) is 8.67. The Morgan fingerprint density at radius 1 is 1.00 bits per heavy atom. The van der Waals surface area contributed by atoms with Gasteiger partial charge in [0.1, 0.15) is 0 Å². The summed E-state index contributed by atoms with van der Waals surface area (Å²) >= 11 is 0. The van der Waals surface area contributed by atoms with Crippen molar-refractivity contribution >= 4 is 20.0 Å². The van der Waals surface area contributed by atoms with Gasteiger partial charge in [0.15, 0.2) is 0 Å². The van der Waals surface area contributed by atoms with Crippen LogP contribution < -0.4 is 0 Å². The minimum Gasteiger partial charge on any atom is -0.425 e. The molecule has 1 heterocycles. The first-order chi connectivity index (χ1) is 5.39. The van der Waals surface area contributed by atoms with Crippen molar-refractivity contribution in [1.82, 2.24) is 0 Å². The van der Waals surface area contributed by atoms with Gasteiger partial charge >= 0.3 is 0 Å². The summed E-state index contributed by atoms with van der Waals surface area (Å²) in [6, 6.07) is 10.3. The number of hydrogen-bond donors (Lipinski definition) is 0. The Kier molecular flexibility index (Phi) is 4.14. The second-order valence-electron chi connectivity index (χ2n) is 2.30. The molecule has 1 aliphatic rings. The van der Waals surface area contributed by atoms with Crippen LogP contribution in [0.15, 0.2) is 30.3 Å². The van der Waals surface area contributed by atoms with Crippen molar-refractivity contribution in [3.63, 3.8) is 0 Å². The monoisotopic (exact) mass is 184 g/mol. The summed E-state index contributed by atoms with van der Waals surface area (Å²) < 4.78 is 9.56. The Morgan fingerprint density at radius 2 is 1.45 bits per heavy atom. The van der Waals surface area contributed by atoms with E-state index in [0.717, 1.165) is 0 Å². The maximum atomic E-state index is 4.78. The summed E-state index contributed by atoms with van der Waals surface area (Å²) in [5.74, 6) is 0. The minimum absolute atomic E-state index is 0.333. The van der Waals surface area contributed by atoms with Gasteiger partial charge < -0.3 is 8.23 Å². The molecule has 0 atom stereocenters. The van der Waals surface area contributed by atoms with Crippen LogP contribution in [-0.4, -0.2) is 20.0 Å². The second-order valence-corrected chi connectivity index (χ2v) is 6.04. The summed E-state index contributed by atoms with van der Waals surface area (Å²) in [4.78, 5) is 0. The molecule has 11 heavy (non-hydrogen) atoms. The van der Waals surface area contributed by atoms with Crippen LogP contribution in [0.1, 0.15) is 5.56 Å². The largest absolute Gasteiger partial charge is 0.425 e. The number of rotatable bonds is 0. The lowest BCUT2D eigenvalue weighted by Gasteiger charge is -2.10. The molecule has 1 aromatic rings. The Balaban J connectivity index is 0.000000128. The molecule has 0 saturated carbocycles. The molecule has 0 unspecified atom stereocenters. The van der Waals surface area contributed by atoms with Crippen LogP contribution in [0.3, 0.4) is 0 Å². The van der Waals surface area contributed by atoms with E-state index in [-0.39, 0.29) is 20.0 Å². The van der Waals surface area contributed by atoms with Crippen LogP contribution in [0.25, 0.3) is 0 Å². The van der Waals surface area contributed by atoms with Gasteiger partial charge in [0, 0.05) is 0 Å². The molecule has 4 heteroatoms. The smallest absolute Gasteiger partial charge is 0.286 e. The standard InChI is InChI=1S/C7H8.H4O2Si2/c1-7-5-3-2-4-6-7;1-3-2-4-1/h2-6H,1H3;3-4H2. The lowest BCUT2D eigenvalue weighted by atomic mass is 10.2. The molecule has 0 amide bonds. The van der Waals surface area contributed by atoms with E-state index in [1.165, 1.54) is 5.56 Å².